The first-order valence-corrected chi connectivity index (χ1v) is 12.4. The molecule has 1 aromatic heterocycles. The molecule has 0 spiro atoms. The average Bonchev–Trinajstić information content (AvgIpc) is 3.63. The molecule has 174 valence electrons. The number of hydrogen-bond donors (Lipinski definition) is 2. The fourth-order valence-corrected chi connectivity index (χ4v) is 6.88. The largest absolute Gasteiger partial charge is 0.508 e. The van der Waals surface area contributed by atoms with Crippen LogP contribution in [0.4, 0.5) is 0 Å². The van der Waals surface area contributed by atoms with Gasteiger partial charge in [-0.05, 0) is 86.4 Å². The number of phenolic OH excluding ortho intramolecular Hbond substituents is 1. The summed E-state index contributed by atoms with van der Waals surface area (Å²) in [4.78, 5) is 22.0. The average molecular weight is 448 g/mol. The van der Waals surface area contributed by atoms with E-state index >= 15 is 0 Å². The van der Waals surface area contributed by atoms with Crippen LogP contribution in [0.1, 0.15) is 48.9 Å². The number of fused-ring (bicyclic) bond motifs is 1. The van der Waals surface area contributed by atoms with E-state index < -0.39 is 11.0 Å². The Labute approximate surface area is 195 Å². The van der Waals surface area contributed by atoms with Gasteiger partial charge in [0, 0.05) is 43.0 Å². The van der Waals surface area contributed by atoms with Crippen LogP contribution in [0.5, 0.6) is 5.75 Å². The maximum absolute atomic E-state index is 13.2. The normalized spacial score (nSPS) is 31.4. The number of amides is 1. The van der Waals surface area contributed by atoms with Crippen LogP contribution in [-0.4, -0.2) is 68.7 Å². The second-order valence-corrected chi connectivity index (χ2v) is 10.6. The van der Waals surface area contributed by atoms with Gasteiger partial charge < -0.3 is 15.1 Å². The summed E-state index contributed by atoms with van der Waals surface area (Å²) < 4.78 is 0. The van der Waals surface area contributed by atoms with Crippen molar-refractivity contribution in [3.8, 4) is 5.75 Å². The van der Waals surface area contributed by atoms with Crippen LogP contribution >= 0.6 is 0 Å². The zero-order valence-corrected chi connectivity index (χ0v) is 19.1. The molecule has 3 heterocycles. The highest BCUT2D eigenvalue weighted by Gasteiger charge is 2.63. The number of carbonyl (C=O) groups excluding carboxylic acids is 1. The summed E-state index contributed by atoms with van der Waals surface area (Å²) in [5.74, 6) is 1.11. The van der Waals surface area contributed by atoms with Crippen LogP contribution in [-0.2, 0) is 23.1 Å². The lowest BCUT2D eigenvalue weighted by molar-refractivity contribution is -0.149. The van der Waals surface area contributed by atoms with E-state index in [1.54, 1.807) is 12.3 Å². The lowest BCUT2D eigenvalue weighted by Crippen LogP contribution is -2.71. The summed E-state index contributed by atoms with van der Waals surface area (Å²) in [6.45, 7) is 3.23. The zero-order valence-electron chi connectivity index (χ0n) is 19.1. The summed E-state index contributed by atoms with van der Waals surface area (Å²) in [6.07, 6.45) is 7.58. The molecule has 3 fully saturated rings. The number of nitrogens with zero attached hydrogens (tertiary/aromatic N) is 3. The summed E-state index contributed by atoms with van der Waals surface area (Å²) in [6, 6.07) is 11.4. The number of aliphatic hydroxyl groups is 1. The van der Waals surface area contributed by atoms with Gasteiger partial charge in [0.2, 0.25) is 5.91 Å². The van der Waals surface area contributed by atoms with E-state index in [1.807, 2.05) is 29.2 Å². The first-order chi connectivity index (χ1) is 16.0. The van der Waals surface area contributed by atoms with E-state index in [9.17, 15) is 15.0 Å². The molecule has 6 nitrogen and oxygen atoms in total. The van der Waals surface area contributed by atoms with Gasteiger partial charge in [-0.2, -0.15) is 0 Å². The molecule has 2 aliphatic heterocycles. The zero-order chi connectivity index (χ0) is 22.6. The summed E-state index contributed by atoms with van der Waals surface area (Å²) in [7, 11) is 0. The van der Waals surface area contributed by atoms with E-state index in [2.05, 4.69) is 16.0 Å². The Morgan fingerprint density at radius 2 is 1.91 bits per heavy atom. The minimum absolute atomic E-state index is 0.0646. The topological polar surface area (TPSA) is 76.9 Å². The van der Waals surface area contributed by atoms with Crippen molar-refractivity contribution in [2.75, 3.05) is 26.2 Å². The number of aromatic nitrogens is 1. The highest BCUT2D eigenvalue weighted by Crippen LogP contribution is 2.56. The predicted octanol–water partition coefficient (Wildman–Crippen LogP) is 2.66. The number of piperidine rings is 1. The van der Waals surface area contributed by atoms with Gasteiger partial charge >= 0.3 is 0 Å². The number of benzene rings is 1. The van der Waals surface area contributed by atoms with E-state index in [0.717, 1.165) is 49.5 Å². The van der Waals surface area contributed by atoms with Crippen molar-refractivity contribution < 1.29 is 15.0 Å². The van der Waals surface area contributed by atoms with Gasteiger partial charge in [0.25, 0.3) is 0 Å². The number of carbonyl (C=O) groups is 1. The molecule has 6 heteroatoms. The molecule has 33 heavy (non-hydrogen) atoms. The number of phenols is 1. The first-order valence-electron chi connectivity index (χ1n) is 12.4. The van der Waals surface area contributed by atoms with Gasteiger partial charge in [-0.1, -0.05) is 12.1 Å². The van der Waals surface area contributed by atoms with Gasteiger partial charge in [0.1, 0.15) is 5.75 Å². The number of pyridine rings is 1. The predicted molar refractivity (Wildman–Crippen MR) is 125 cm³/mol. The van der Waals surface area contributed by atoms with Gasteiger partial charge in [-0.15, -0.1) is 0 Å². The minimum atomic E-state index is -0.902. The number of likely N-dealkylation sites (tertiary alicyclic amines) is 2. The molecular formula is C27H33N3O3. The maximum atomic E-state index is 13.2. The SMILES string of the molecule is O=C(Cc1ccccn1)N1CC[C@]23CCN(CC4CC4)[C@H](Cc4ccc(O)cc42)[C@]3(O)CC1. The van der Waals surface area contributed by atoms with E-state index in [4.69, 9.17) is 0 Å². The highest BCUT2D eigenvalue weighted by atomic mass is 16.3. The molecule has 0 radical (unpaired) electrons. The molecule has 1 amide bonds. The lowest BCUT2D eigenvalue weighted by atomic mass is 9.52. The standard InChI is InChI=1S/C27H33N3O3/c31-22-7-6-20-15-24-27(33)10-14-29(25(32)16-21-3-1-2-11-28-21)12-8-26(27,23(20)17-22)9-13-30(24)18-19-4-5-19/h1-3,6-7,11,17,19,24,31,33H,4-5,8-10,12-16,18H2/t24-,26+,27-/m1/s1. The van der Waals surface area contributed by atoms with Crippen LogP contribution in [0.3, 0.4) is 0 Å². The number of rotatable bonds is 4. The number of hydrogen-bond acceptors (Lipinski definition) is 5. The lowest BCUT2D eigenvalue weighted by Gasteiger charge is -2.61. The van der Waals surface area contributed by atoms with Gasteiger partial charge in [0.05, 0.1) is 12.0 Å². The van der Waals surface area contributed by atoms with Crippen molar-refractivity contribution in [1.82, 2.24) is 14.8 Å². The minimum Gasteiger partial charge on any atom is -0.508 e. The van der Waals surface area contributed by atoms with Crippen molar-refractivity contribution >= 4 is 5.91 Å². The Balaban J connectivity index is 1.34. The Morgan fingerprint density at radius 1 is 1.09 bits per heavy atom. The third-order valence-electron chi connectivity index (χ3n) is 8.84. The third kappa shape index (κ3) is 3.46. The summed E-state index contributed by atoms with van der Waals surface area (Å²) in [5.41, 5.74) is 1.80. The third-order valence-corrected chi connectivity index (χ3v) is 8.84. The Bertz CT molecular complexity index is 1060. The maximum Gasteiger partial charge on any atom is 0.228 e. The molecule has 2 saturated heterocycles. The van der Waals surface area contributed by atoms with E-state index in [-0.39, 0.29) is 17.7 Å². The fourth-order valence-electron chi connectivity index (χ4n) is 6.88. The molecule has 2 aromatic rings. The quantitative estimate of drug-likeness (QED) is 0.754. The van der Waals surface area contributed by atoms with Crippen molar-refractivity contribution in [3.05, 3.63) is 59.4 Å². The van der Waals surface area contributed by atoms with Crippen LogP contribution < -0.4 is 0 Å². The fraction of sp³-hybridized carbons (Fsp3) is 0.556. The molecule has 2 N–H and O–H groups in total. The van der Waals surface area contributed by atoms with Crippen LogP contribution in [0, 0.1) is 5.92 Å². The van der Waals surface area contributed by atoms with Crippen LogP contribution in [0.2, 0.25) is 0 Å². The smallest absolute Gasteiger partial charge is 0.228 e. The highest BCUT2D eigenvalue weighted by molar-refractivity contribution is 5.78. The van der Waals surface area contributed by atoms with Gasteiger partial charge in [0.15, 0.2) is 0 Å². The molecule has 6 rings (SSSR count). The molecule has 1 aromatic carbocycles. The molecule has 2 aliphatic carbocycles. The van der Waals surface area contributed by atoms with Crippen LogP contribution in [0.25, 0.3) is 0 Å². The Morgan fingerprint density at radius 3 is 2.70 bits per heavy atom. The van der Waals surface area contributed by atoms with E-state index in [1.165, 1.54) is 18.4 Å². The molecule has 0 unspecified atom stereocenters. The van der Waals surface area contributed by atoms with Gasteiger partial charge in [-0.3, -0.25) is 14.7 Å². The van der Waals surface area contributed by atoms with Crippen molar-refractivity contribution in [3.63, 3.8) is 0 Å². The van der Waals surface area contributed by atoms with Gasteiger partial charge in [-0.25, -0.2) is 0 Å². The van der Waals surface area contributed by atoms with Crippen molar-refractivity contribution in [2.45, 2.75) is 62.0 Å². The van der Waals surface area contributed by atoms with Crippen molar-refractivity contribution in [1.29, 1.82) is 0 Å². The summed E-state index contributed by atoms with van der Waals surface area (Å²) >= 11 is 0. The first kappa shape index (κ1) is 21.1. The summed E-state index contributed by atoms with van der Waals surface area (Å²) in [5, 5.41) is 22.8. The Kier molecular flexibility index (Phi) is 5.00. The number of aromatic hydroxyl groups is 1. The van der Waals surface area contributed by atoms with Crippen LogP contribution in [0.15, 0.2) is 42.6 Å². The van der Waals surface area contributed by atoms with E-state index in [0.29, 0.717) is 25.9 Å². The second-order valence-electron chi connectivity index (χ2n) is 10.6. The molecule has 2 bridgehead atoms. The second kappa shape index (κ2) is 7.81. The molecule has 4 aliphatic rings. The molecule has 1 saturated carbocycles. The van der Waals surface area contributed by atoms with Crippen molar-refractivity contribution in [2.24, 2.45) is 5.92 Å². The molecular weight excluding hydrogens is 414 g/mol. The monoisotopic (exact) mass is 447 g/mol. The molecule has 3 atom stereocenters. The Hall–Kier alpha value is -2.44.